The van der Waals surface area contributed by atoms with Gasteiger partial charge in [0, 0.05) is 35.6 Å². The van der Waals surface area contributed by atoms with Crippen LogP contribution in [0.25, 0.3) is 0 Å². The van der Waals surface area contributed by atoms with E-state index in [0.717, 1.165) is 17.0 Å². The highest BCUT2D eigenvalue weighted by molar-refractivity contribution is 7.92. The Bertz CT molecular complexity index is 1160. The molecule has 0 saturated heterocycles. The zero-order valence-electron chi connectivity index (χ0n) is 20.8. The average molecular weight is 561 g/mol. The maximum Gasteiger partial charge on any atom is 0.242 e. The first-order valence-corrected chi connectivity index (χ1v) is 14.2. The van der Waals surface area contributed by atoms with Crippen LogP contribution in [-0.4, -0.2) is 50.0 Å². The highest BCUT2D eigenvalue weighted by atomic mass is 35.5. The van der Waals surface area contributed by atoms with Gasteiger partial charge in [-0.15, -0.1) is 0 Å². The van der Waals surface area contributed by atoms with Gasteiger partial charge in [-0.25, -0.2) is 12.8 Å². The van der Waals surface area contributed by atoms with Crippen molar-refractivity contribution >= 4 is 50.7 Å². The number of carbonyl (C=O) groups is 2. The number of sulfonamides is 1. The molecule has 0 aliphatic carbocycles. The van der Waals surface area contributed by atoms with Crippen LogP contribution in [0.1, 0.15) is 45.6 Å². The van der Waals surface area contributed by atoms with Gasteiger partial charge in [-0.1, -0.05) is 36.2 Å². The quantitative estimate of drug-likeness (QED) is 0.396. The maximum atomic E-state index is 13.3. The molecule has 0 spiro atoms. The lowest BCUT2D eigenvalue weighted by Gasteiger charge is -2.30. The Labute approximate surface area is 222 Å². The molecule has 1 N–H and O–H groups in total. The van der Waals surface area contributed by atoms with Crippen LogP contribution in [0.4, 0.5) is 10.1 Å². The molecule has 7 nitrogen and oxygen atoms in total. The minimum absolute atomic E-state index is 0.0131. The van der Waals surface area contributed by atoms with Crippen molar-refractivity contribution in [3.05, 3.63) is 63.9 Å². The lowest BCUT2D eigenvalue weighted by atomic mass is 10.1. The summed E-state index contributed by atoms with van der Waals surface area (Å²) in [7, 11) is -3.66. The number of anilines is 1. The molecule has 2 amide bonds. The number of rotatable bonds is 12. The molecule has 198 valence electrons. The molecule has 0 aliphatic rings. The Morgan fingerprint density at radius 2 is 1.72 bits per heavy atom. The fraction of sp³-hybridized carbons (Fsp3) is 0.440. The van der Waals surface area contributed by atoms with Gasteiger partial charge < -0.3 is 10.2 Å². The monoisotopic (exact) mass is 559 g/mol. The van der Waals surface area contributed by atoms with Gasteiger partial charge in [0.1, 0.15) is 11.9 Å². The molecule has 2 aromatic rings. The van der Waals surface area contributed by atoms with Gasteiger partial charge in [-0.05, 0) is 68.7 Å². The number of nitrogens with one attached hydrogen (secondary N) is 1. The second-order valence-electron chi connectivity index (χ2n) is 8.67. The third kappa shape index (κ3) is 8.64. The van der Waals surface area contributed by atoms with E-state index in [1.165, 1.54) is 29.2 Å². The summed E-state index contributed by atoms with van der Waals surface area (Å²) in [5.74, 6) is -1.12. The van der Waals surface area contributed by atoms with Crippen molar-refractivity contribution in [2.75, 3.05) is 17.1 Å². The highest BCUT2D eigenvalue weighted by Crippen LogP contribution is 2.24. The van der Waals surface area contributed by atoms with Gasteiger partial charge in [0.25, 0.3) is 0 Å². The standard InChI is InChI=1S/C25H32Cl2FN3O4S/c1-5-17(2)29-25(33)18(3)30(16-19-8-9-20(26)15-23(19)27)24(32)7-6-14-31(36(4,34)35)22-12-10-21(28)11-13-22/h8-13,15,17-18H,5-7,14,16H2,1-4H3,(H,29,33)/t17-,18-/m1/s1. The summed E-state index contributed by atoms with van der Waals surface area (Å²) in [5.41, 5.74) is 0.930. The molecule has 0 aromatic heterocycles. The Morgan fingerprint density at radius 3 is 2.28 bits per heavy atom. The fourth-order valence-corrected chi connectivity index (χ4v) is 4.93. The Kier molecular flexibility index (Phi) is 11.0. The molecule has 0 fully saturated rings. The van der Waals surface area contributed by atoms with E-state index < -0.39 is 21.9 Å². The summed E-state index contributed by atoms with van der Waals surface area (Å²) in [5, 5.41) is 3.71. The Balaban J connectivity index is 2.20. The van der Waals surface area contributed by atoms with Gasteiger partial charge in [-0.2, -0.15) is 0 Å². The SMILES string of the molecule is CC[C@@H](C)NC(=O)[C@@H](C)N(Cc1ccc(Cl)cc1Cl)C(=O)CCCN(c1ccc(F)cc1)S(C)(=O)=O. The van der Waals surface area contributed by atoms with Crippen LogP contribution >= 0.6 is 23.2 Å². The van der Waals surface area contributed by atoms with E-state index in [4.69, 9.17) is 23.2 Å². The fourth-order valence-electron chi connectivity index (χ4n) is 3.49. The van der Waals surface area contributed by atoms with Gasteiger partial charge in [0.2, 0.25) is 21.8 Å². The first-order valence-electron chi connectivity index (χ1n) is 11.6. The molecule has 0 heterocycles. The van der Waals surface area contributed by atoms with Crippen molar-refractivity contribution in [3.63, 3.8) is 0 Å². The third-order valence-corrected chi connectivity index (χ3v) is 7.57. The molecular weight excluding hydrogens is 528 g/mol. The summed E-state index contributed by atoms with van der Waals surface area (Å²) in [6.45, 7) is 5.56. The Hall–Kier alpha value is -2.36. The summed E-state index contributed by atoms with van der Waals surface area (Å²) in [4.78, 5) is 27.6. The number of nitrogens with zero attached hydrogens (tertiary/aromatic N) is 2. The molecule has 2 aromatic carbocycles. The second kappa shape index (κ2) is 13.3. The van der Waals surface area contributed by atoms with Gasteiger partial charge >= 0.3 is 0 Å². The van der Waals surface area contributed by atoms with Gasteiger partial charge in [-0.3, -0.25) is 13.9 Å². The predicted octanol–water partition coefficient (Wildman–Crippen LogP) is 5.01. The molecular formula is C25H32Cl2FN3O4S. The largest absolute Gasteiger partial charge is 0.352 e. The maximum absolute atomic E-state index is 13.3. The number of amides is 2. The van der Waals surface area contributed by atoms with Crippen molar-refractivity contribution in [2.45, 2.75) is 58.7 Å². The van der Waals surface area contributed by atoms with Crippen molar-refractivity contribution in [3.8, 4) is 0 Å². The second-order valence-corrected chi connectivity index (χ2v) is 11.4. The van der Waals surface area contributed by atoms with Crippen molar-refractivity contribution in [2.24, 2.45) is 0 Å². The van der Waals surface area contributed by atoms with Crippen LogP contribution in [0, 0.1) is 5.82 Å². The molecule has 0 saturated carbocycles. The normalized spacial score (nSPS) is 13.1. The Morgan fingerprint density at radius 1 is 1.08 bits per heavy atom. The number of benzene rings is 2. The third-order valence-electron chi connectivity index (χ3n) is 5.79. The van der Waals surface area contributed by atoms with Crippen LogP contribution < -0.4 is 9.62 Å². The zero-order valence-corrected chi connectivity index (χ0v) is 23.1. The van der Waals surface area contributed by atoms with Crippen LogP contribution in [0.15, 0.2) is 42.5 Å². The van der Waals surface area contributed by atoms with Crippen molar-refractivity contribution in [1.29, 1.82) is 0 Å². The minimum atomic E-state index is -3.66. The lowest BCUT2D eigenvalue weighted by Crippen LogP contribution is -2.49. The van der Waals surface area contributed by atoms with Crippen LogP contribution in [-0.2, 0) is 26.2 Å². The average Bonchev–Trinajstić information content (AvgIpc) is 2.80. The number of halogens is 3. The van der Waals surface area contributed by atoms with Crippen molar-refractivity contribution in [1.82, 2.24) is 10.2 Å². The van der Waals surface area contributed by atoms with E-state index in [1.54, 1.807) is 25.1 Å². The predicted molar refractivity (Wildman–Crippen MR) is 142 cm³/mol. The molecule has 0 aliphatic heterocycles. The number of hydrogen-bond acceptors (Lipinski definition) is 4. The van der Waals surface area contributed by atoms with E-state index >= 15 is 0 Å². The summed E-state index contributed by atoms with van der Waals surface area (Å²) in [6.07, 6.45) is 1.96. The van der Waals surface area contributed by atoms with Crippen molar-refractivity contribution < 1.29 is 22.4 Å². The summed E-state index contributed by atoms with van der Waals surface area (Å²) in [6, 6.07) is 9.16. The molecule has 0 unspecified atom stereocenters. The van der Waals surface area contributed by atoms with E-state index in [0.29, 0.717) is 21.3 Å². The van der Waals surface area contributed by atoms with E-state index in [9.17, 15) is 22.4 Å². The van der Waals surface area contributed by atoms with Crippen LogP contribution in [0.5, 0.6) is 0 Å². The topological polar surface area (TPSA) is 86.8 Å². The summed E-state index contributed by atoms with van der Waals surface area (Å²) >= 11 is 12.3. The van der Waals surface area contributed by atoms with E-state index in [-0.39, 0.29) is 43.8 Å². The molecule has 0 bridgehead atoms. The van der Waals surface area contributed by atoms with Gasteiger partial charge in [0.15, 0.2) is 0 Å². The molecule has 2 atom stereocenters. The zero-order chi connectivity index (χ0) is 27.0. The molecule has 0 radical (unpaired) electrons. The summed E-state index contributed by atoms with van der Waals surface area (Å²) < 4.78 is 39.1. The number of hydrogen-bond donors (Lipinski definition) is 1. The molecule has 11 heteroatoms. The smallest absolute Gasteiger partial charge is 0.242 e. The van der Waals surface area contributed by atoms with Gasteiger partial charge in [0.05, 0.1) is 11.9 Å². The van der Waals surface area contributed by atoms with Crippen LogP contribution in [0.2, 0.25) is 10.0 Å². The highest BCUT2D eigenvalue weighted by Gasteiger charge is 2.27. The van der Waals surface area contributed by atoms with E-state index in [2.05, 4.69) is 5.32 Å². The molecule has 36 heavy (non-hydrogen) atoms. The van der Waals surface area contributed by atoms with Crippen LogP contribution in [0.3, 0.4) is 0 Å². The molecule has 2 rings (SSSR count). The lowest BCUT2D eigenvalue weighted by molar-refractivity contribution is -0.140. The first-order chi connectivity index (χ1) is 16.8. The van der Waals surface area contributed by atoms with E-state index in [1.807, 2.05) is 13.8 Å². The first kappa shape index (κ1) is 29.9. The minimum Gasteiger partial charge on any atom is -0.352 e. The number of carbonyl (C=O) groups excluding carboxylic acids is 2.